The van der Waals surface area contributed by atoms with E-state index in [0.717, 1.165) is 18.4 Å². The fourth-order valence-corrected chi connectivity index (χ4v) is 5.17. The van der Waals surface area contributed by atoms with Crippen molar-refractivity contribution in [1.82, 2.24) is 4.98 Å². The van der Waals surface area contributed by atoms with Gasteiger partial charge in [-0.05, 0) is 43.2 Å². The van der Waals surface area contributed by atoms with E-state index >= 15 is 0 Å². The molecule has 0 spiro atoms. The first-order valence-electron chi connectivity index (χ1n) is 10.3. The van der Waals surface area contributed by atoms with Crippen LogP contribution in [0.15, 0.2) is 41.8 Å². The van der Waals surface area contributed by atoms with Gasteiger partial charge in [0.05, 0.1) is 28.9 Å². The number of ether oxygens (including phenoxy) is 3. The standard InChI is InChI=1S/C23H20Cl2N2O4S/c24-14-6-7-16(18(25)11-14)19-13-32-23(26-19)27(12-15-3-2-8-29-15)22(28)17-4-1-5-20-21(17)31-10-9-30-20/h1,4-7,11,13,15H,2-3,8-10,12H2. The molecule has 1 unspecified atom stereocenters. The zero-order valence-corrected chi connectivity index (χ0v) is 19.4. The van der Waals surface area contributed by atoms with Gasteiger partial charge in [-0.2, -0.15) is 0 Å². The van der Waals surface area contributed by atoms with Gasteiger partial charge in [-0.1, -0.05) is 29.3 Å². The van der Waals surface area contributed by atoms with Gasteiger partial charge in [0.2, 0.25) is 0 Å². The molecule has 32 heavy (non-hydrogen) atoms. The Bertz CT molecular complexity index is 1150. The number of rotatable bonds is 5. The zero-order chi connectivity index (χ0) is 22.1. The molecular weight excluding hydrogens is 471 g/mol. The molecule has 1 atom stereocenters. The van der Waals surface area contributed by atoms with E-state index in [4.69, 9.17) is 42.4 Å². The Hall–Kier alpha value is -2.32. The van der Waals surface area contributed by atoms with Gasteiger partial charge in [-0.15, -0.1) is 11.3 Å². The molecule has 3 heterocycles. The van der Waals surface area contributed by atoms with Crippen LogP contribution in [0.25, 0.3) is 11.3 Å². The first-order chi connectivity index (χ1) is 15.6. The predicted molar refractivity (Wildman–Crippen MR) is 126 cm³/mol. The number of hydrogen-bond acceptors (Lipinski definition) is 6. The van der Waals surface area contributed by atoms with E-state index in [1.54, 1.807) is 35.2 Å². The average molecular weight is 491 g/mol. The van der Waals surface area contributed by atoms with E-state index in [1.807, 2.05) is 11.4 Å². The number of carbonyl (C=O) groups is 1. The summed E-state index contributed by atoms with van der Waals surface area (Å²) in [6.45, 7) is 1.97. The van der Waals surface area contributed by atoms with Gasteiger partial charge < -0.3 is 14.2 Å². The largest absolute Gasteiger partial charge is 0.486 e. The number of amides is 1. The molecule has 3 aromatic rings. The summed E-state index contributed by atoms with van der Waals surface area (Å²) in [7, 11) is 0. The van der Waals surface area contributed by atoms with Crippen LogP contribution in [0.2, 0.25) is 10.0 Å². The van der Waals surface area contributed by atoms with Crippen molar-refractivity contribution in [3.63, 3.8) is 0 Å². The van der Waals surface area contributed by atoms with Gasteiger partial charge >= 0.3 is 0 Å². The van der Waals surface area contributed by atoms with E-state index in [1.165, 1.54) is 11.3 Å². The second-order valence-corrected chi connectivity index (χ2v) is 9.20. The van der Waals surface area contributed by atoms with Crippen LogP contribution in [0.5, 0.6) is 11.5 Å². The lowest BCUT2D eigenvalue weighted by Crippen LogP contribution is -2.38. The summed E-state index contributed by atoms with van der Waals surface area (Å²) in [5.74, 6) is 0.844. The lowest BCUT2D eigenvalue weighted by molar-refractivity contribution is 0.0908. The number of nitrogens with zero attached hydrogens (tertiary/aromatic N) is 2. The highest BCUT2D eigenvalue weighted by Gasteiger charge is 2.30. The predicted octanol–water partition coefficient (Wildman–Crippen LogP) is 5.71. The number of aromatic nitrogens is 1. The van der Waals surface area contributed by atoms with E-state index in [9.17, 15) is 4.79 Å². The van der Waals surface area contributed by atoms with Crippen molar-refractivity contribution >= 4 is 45.6 Å². The molecule has 0 radical (unpaired) electrons. The Morgan fingerprint density at radius 1 is 1.16 bits per heavy atom. The minimum atomic E-state index is -0.203. The van der Waals surface area contributed by atoms with Gasteiger partial charge in [0, 0.05) is 22.6 Å². The number of fused-ring (bicyclic) bond motifs is 1. The minimum absolute atomic E-state index is 0.0397. The number of thiazole rings is 1. The van der Waals surface area contributed by atoms with E-state index in [0.29, 0.717) is 64.3 Å². The molecule has 1 saturated heterocycles. The third kappa shape index (κ3) is 4.30. The quantitative estimate of drug-likeness (QED) is 0.457. The first kappa shape index (κ1) is 21.5. The number of anilines is 1. The fraction of sp³-hybridized carbons (Fsp3) is 0.304. The lowest BCUT2D eigenvalue weighted by atomic mass is 10.1. The summed E-state index contributed by atoms with van der Waals surface area (Å²) in [6.07, 6.45) is 1.84. The molecule has 1 aromatic heterocycles. The highest BCUT2D eigenvalue weighted by atomic mass is 35.5. The van der Waals surface area contributed by atoms with Crippen LogP contribution >= 0.6 is 34.5 Å². The van der Waals surface area contributed by atoms with Crippen LogP contribution in [0.4, 0.5) is 5.13 Å². The molecule has 6 nitrogen and oxygen atoms in total. The summed E-state index contributed by atoms with van der Waals surface area (Å²) in [5, 5.41) is 3.52. The molecule has 0 N–H and O–H groups in total. The van der Waals surface area contributed by atoms with Crippen molar-refractivity contribution in [2.45, 2.75) is 18.9 Å². The number of halogens is 2. The molecular formula is C23H20Cl2N2O4S. The molecule has 2 aliphatic heterocycles. The number of carbonyl (C=O) groups excluding carboxylic acids is 1. The molecule has 1 amide bonds. The number of hydrogen-bond donors (Lipinski definition) is 0. The molecule has 0 bridgehead atoms. The maximum absolute atomic E-state index is 13.7. The first-order valence-corrected chi connectivity index (χ1v) is 12.0. The lowest BCUT2D eigenvalue weighted by Gasteiger charge is -2.26. The van der Waals surface area contributed by atoms with Crippen molar-refractivity contribution in [3.8, 4) is 22.8 Å². The monoisotopic (exact) mass is 490 g/mol. The highest BCUT2D eigenvalue weighted by molar-refractivity contribution is 7.14. The molecule has 9 heteroatoms. The third-order valence-corrected chi connectivity index (χ3v) is 6.79. The molecule has 166 valence electrons. The fourth-order valence-electron chi connectivity index (χ4n) is 3.84. The second kappa shape index (κ2) is 9.27. The Balaban J connectivity index is 1.51. The molecule has 5 rings (SSSR count). The Morgan fingerprint density at radius 3 is 2.84 bits per heavy atom. The molecule has 2 aliphatic rings. The van der Waals surface area contributed by atoms with Crippen LogP contribution in [0, 0.1) is 0 Å². The molecule has 0 saturated carbocycles. The van der Waals surface area contributed by atoms with E-state index in [-0.39, 0.29) is 12.0 Å². The van der Waals surface area contributed by atoms with Crippen molar-refractivity contribution in [2.24, 2.45) is 0 Å². The van der Waals surface area contributed by atoms with Crippen LogP contribution in [0.1, 0.15) is 23.2 Å². The van der Waals surface area contributed by atoms with Gasteiger partial charge in [0.1, 0.15) is 13.2 Å². The third-order valence-electron chi connectivity index (χ3n) is 5.38. The SMILES string of the molecule is O=C(c1cccc2c1OCCO2)N(CC1CCCO1)c1nc(-c2ccc(Cl)cc2Cl)cs1. The summed E-state index contributed by atoms with van der Waals surface area (Å²) in [5.41, 5.74) is 1.89. The highest BCUT2D eigenvalue weighted by Crippen LogP contribution is 2.37. The summed E-state index contributed by atoms with van der Waals surface area (Å²) >= 11 is 13.8. The van der Waals surface area contributed by atoms with Crippen molar-refractivity contribution in [1.29, 1.82) is 0 Å². The van der Waals surface area contributed by atoms with Crippen LogP contribution in [0.3, 0.4) is 0 Å². The minimum Gasteiger partial charge on any atom is -0.486 e. The molecule has 2 aromatic carbocycles. The summed E-state index contributed by atoms with van der Waals surface area (Å²) in [4.78, 5) is 20.1. The van der Waals surface area contributed by atoms with Gasteiger partial charge in [-0.3, -0.25) is 9.69 Å². The van der Waals surface area contributed by atoms with Crippen LogP contribution in [-0.2, 0) is 4.74 Å². The molecule has 1 fully saturated rings. The second-order valence-electron chi connectivity index (χ2n) is 7.52. The Morgan fingerprint density at radius 2 is 2.03 bits per heavy atom. The van der Waals surface area contributed by atoms with Crippen molar-refractivity contribution in [3.05, 3.63) is 57.4 Å². The van der Waals surface area contributed by atoms with Crippen LogP contribution in [-0.4, -0.2) is 43.4 Å². The van der Waals surface area contributed by atoms with Crippen LogP contribution < -0.4 is 14.4 Å². The topological polar surface area (TPSA) is 60.9 Å². The smallest absolute Gasteiger partial charge is 0.264 e. The normalized spacial score (nSPS) is 17.4. The summed E-state index contributed by atoms with van der Waals surface area (Å²) < 4.78 is 17.3. The van der Waals surface area contributed by atoms with Gasteiger partial charge in [0.15, 0.2) is 16.6 Å². The van der Waals surface area contributed by atoms with Crippen molar-refractivity contribution < 1.29 is 19.0 Å². The van der Waals surface area contributed by atoms with Gasteiger partial charge in [-0.25, -0.2) is 4.98 Å². The zero-order valence-electron chi connectivity index (χ0n) is 17.1. The molecule has 0 aliphatic carbocycles. The van der Waals surface area contributed by atoms with E-state index < -0.39 is 0 Å². The van der Waals surface area contributed by atoms with E-state index in [2.05, 4.69) is 0 Å². The van der Waals surface area contributed by atoms with Gasteiger partial charge in [0.25, 0.3) is 5.91 Å². The maximum Gasteiger partial charge on any atom is 0.264 e. The Labute approximate surface area is 199 Å². The summed E-state index contributed by atoms with van der Waals surface area (Å²) in [6, 6.07) is 10.6. The number of benzene rings is 2. The number of para-hydroxylation sites is 1. The van der Waals surface area contributed by atoms with Crippen molar-refractivity contribution in [2.75, 3.05) is 31.3 Å². The maximum atomic E-state index is 13.7. The Kier molecular flexibility index (Phi) is 6.24. The average Bonchev–Trinajstić information content (AvgIpc) is 3.49.